The summed E-state index contributed by atoms with van der Waals surface area (Å²) >= 11 is 1.34. The summed E-state index contributed by atoms with van der Waals surface area (Å²) in [6.45, 7) is 2.10. The fourth-order valence-corrected chi connectivity index (χ4v) is 4.89. The Kier molecular flexibility index (Phi) is 4.15. The number of hydrogen-bond donors (Lipinski definition) is 1. The molecule has 3 amide bonds. The van der Waals surface area contributed by atoms with Crippen molar-refractivity contribution in [1.29, 1.82) is 0 Å². The van der Waals surface area contributed by atoms with E-state index < -0.39 is 0 Å². The molecule has 8 heteroatoms. The third-order valence-corrected chi connectivity index (χ3v) is 6.41. The Morgan fingerprint density at radius 2 is 1.84 bits per heavy atom. The molecule has 25 heavy (non-hydrogen) atoms. The van der Waals surface area contributed by atoms with Crippen molar-refractivity contribution in [2.24, 2.45) is 23.7 Å². The summed E-state index contributed by atoms with van der Waals surface area (Å²) in [5, 5.41) is 11.9. The van der Waals surface area contributed by atoms with Crippen molar-refractivity contribution in [3.63, 3.8) is 0 Å². The molecule has 2 bridgehead atoms. The van der Waals surface area contributed by atoms with Gasteiger partial charge in [0.15, 0.2) is 0 Å². The van der Waals surface area contributed by atoms with Crippen LogP contribution in [0.25, 0.3) is 0 Å². The number of rotatable bonds is 5. The predicted octanol–water partition coefficient (Wildman–Crippen LogP) is 1.63. The lowest BCUT2D eigenvalue weighted by Crippen LogP contribution is -2.38. The Hall–Kier alpha value is -2.09. The highest BCUT2D eigenvalue weighted by atomic mass is 32.1. The number of hydrogen-bond acceptors (Lipinski definition) is 6. The number of nitrogens with one attached hydrogen (secondary N) is 1. The topological polar surface area (TPSA) is 92.3 Å². The molecule has 0 aromatic carbocycles. The van der Waals surface area contributed by atoms with Crippen molar-refractivity contribution >= 4 is 34.2 Å². The number of anilines is 1. The zero-order valence-corrected chi connectivity index (χ0v) is 14.8. The van der Waals surface area contributed by atoms with Crippen molar-refractivity contribution < 1.29 is 14.4 Å². The second-order valence-electron chi connectivity index (χ2n) is 6.82. The van der Waals surface area contributed by atoms with Crippen molar-refractivity contribution in [2.45, 2.75) is 32.6 Å². The van der Waals surface area contributed by atoms with Crippen molar-refractivity contribution in [1.82, 2.24) is 15.1 Å². The summed E-state index contributed by atoms with van der Waals surface area (Å²) in [4.78, 5) is 38.7. The van der Waals surface area contributed by atoms with Gasteiger partial charge in [-0.1, -0.05) is 30.4 Å². The molecule has 4 aliphatic rings. The number of fused-ring (bicyclic) bond motifs is 1. The Morgan fingerprint density at radius 3 is 2.36 bits per heavy atom. The number of allylic oxidation sites excluding steroid dienone is 2. The van der Waals surface area contributed by atoms with Crippen LogP contribution in [0, 0.1) is 23.7 Å². The zero-order chi connectivity index (χ0) is 17.6. The molecule has 1 N–H and O–H groups in total. The number of likely N-dealkylation sites (tertiary alicyclic amines) is 1. The van der Waals surface area contributed by atoms with Gasteiger partial charge in [-0.05, 0) is 31.1 Å². The maximum atomic E-state index is 12.7. The van der Waals surface area contributed by atoms with E-state index in [0.29, 0.717) is 5.13 Å². The van der Waals surface area contributed by atoms with Crippen LogP contribution in [0.15, 0.2) is 12.2 Å². The first-order valence-corrected chi connectivity index (χ1v) is 9.56. The molecular weight excluding hydrogens is 340 g/mol. The molecule has 3 aliphatic carbocycles. The number of nitrogens with zero attached hydrogens (tertiary/aromatic N) is 3. The first-order chi connectivity index (χ1) is 12.1. The van der Waals surface area contributed by atoms with Gasteiger partial charge in [0.25, 0.3) is 0 Å². The van der Waals surface area contributed by atoms with Crippen LogP contribution in [0.5, 0.6) is 0 Å². The molecule has 7 nitrogen and oxygen atoms in total. The van der Waals surface area contributed by atoms with Crippen molar-refractivity contribution in [3.05, 3.63) is 17.2 Å². The summed E-state index contributed by atoms with van der Waals surface area (Å²) in [6, 6.07) is 0. The average molecular weight is 360 g/mol. The van der Waals surface area contributed by atoms with Crippen molar-refractivity contribution in [3.8, 4) is 0 Å². The minimum Gasteiger partial charge on any atom is -0.300 e. The maximum Gasteiger partial charge on any atom is 0.233 e. The van der Waals surface area contributed by atoms with Gasteiger partial charge in [0.05, 0.1) is 11.8 Å². The minimum absolute atomic E-state index is 0.0840. The molecule has 1 aromatic rings. The first kappa shape index (κ1) is 16.4. The average Bonchev–Trinajstić information content (AvgIpc) is 3.18. The fraction of sp³-hybridized carbons (Fsp3) is 0.588. The molecule has 2 fully saturated rings. The van der Waals surface area contributed by atoms with Crippen LogP contribution < -0.4 is 5.32 Å². The third-order valence-electron chi connectivity index (χ3n) is 5.43. The second kappa shape index (κ2) is 6.33. The van der Waals surface area contributed by atoms with Crippen LogP contribution in [0.2, 0.25) is 0 Å². The molecule has 1 saturated carbocycles. The number of imide groups is 1. The third kappa shape index (κ3) is 2.78. The van der Waals surface area contributed by atoms with Crippen LogP contribution in [-0.2, 0) is 20.8 Å². The molecule has 2 heterocycles. The van der Waals surface area contributed by atoms with E-state index in [-0.39, 0.29) is 54.4 Å². The number of carbonyl (C=O) groups is 3. The SMILES string of the molecule is CCc1nnc(NC(=O)CCN2C(=O)C3C4C=CC(CC4)C3C2=O)s1. The predicted molar refractivity (Wildman–Crippen MR) is 91.6 cm³/mol. The Labute approximate surface area is 149 Å². The monoisotopic (exact) mass is 360 g/mol. The summed E-state index contributed by atoms with van der Waals surface area (Å²) in [7, 11) is 0. The highest BCUT2D eigenvalue weighted by molar-refractivity contribution is 7.15. The van der Waals surface area contributed by atoms with Crippen LogP contribution in [-0.4, -0.2) is 39.4 Å². The highest BCUT2D eigenvalue weighted by Gasteiger charge is 2.56. The van der Waals surface area contributed by atoms with E-state index >= 15 is 0 Å². The van der Waals surface area contributed by atoms with Crippen LogP contribution in [0.3, 0.4) is 0 Å². The summed E-state index contributed by atoms with van der Waals surface area (Å²) in [6.07, 6.45) is 7.00. The van der Waals surface area contributed by atoms with Crippen molar-refractivity contribution in [2.75, 3.05) is 11.9 Å². The lowest BCUT2D eigenvalue weighted by Gasteiger charge is -2.38. The Balaban J connectivity index is 1.37. The molecule has 1 aromatic heterocycles. The summed E-state index contributed by atoms with van der Waals surface area (Å²) in [5.41, 5.74) is 0. The van der Waals surface area contributed by atoms with E-state index in [9.17, 15) is 14.4 Å². The van der Waals surface area contributed by atoms with Gasteiger partial charge in [0.1, 0.15) is 5.01 Å². The van der Waals surface area contributed by atoms with Gasteiger partial charge in [0.2, 0.25) is 22.9 Å². The summed E-state index contributed by atoms with van der Waals surface area (Å²) in [5.74, 6) is -0.533. The minimum atomic E-state index is -0.254. The normalized spacial score (nSPS) is 30.0. The van der Waals surface area contributed by atoms with E-state index in [2.05, 4.69) is 27.7 Å². The standard InChI is InChI=1S/C17H20N4O3S/c1-2-12-19-20-17(25-12)18-11(22)7-8-21-15(23)13-9-3-4-10(6-5-9)14(13)16(21)24/h3-4,9-10,13-14H,2,5-8H2,1H3,(H,18,20,22). The van der Waals surface area contributed by atoms with Crippen LogP contribution >= 0.6 is 11.3 Å². The molecule has 1 aliphatic heterocycles. The molecule has 0 radical (unpaired) electrons. The largest absolute Gasteiger partial charge is 0.300 e. The van der Waals surface area contributed by atoms with E-state index in [1.807, 2.05) is 6.92 Å². The first-order valence-electron chi connectivity index (χ1n) is 8.74. The fourth-order valence-electron chi connectivity index (χ4n) is 4.20. The van der Waals surface area contributed by atoms with E-state index in [1.54, 1.807) is 0 Å². The molecule has 0 spiro atoms. The lowest BCUT2D eigenvalue weighted by molar-refractivity contribution is -0.140. The van der Waals surface area contributed by atoms with Gasteiger partial charge in [-0.3, -0.25) is 19.3 Å². The lowest BCUT2D eigenvalue weighted by atomic mass is 9.63. The van der Waals surface area contributed by atoms with Gasteiger partial charge >= 0.3 is 0 Å². The molecule has 132 valence electrons. The van der Waals surface area contributed by atoms with E-state index in [1.165, 1.54) is 16.2 Å². The number of aromatic nitrogens is 2. The van der Waals surface area contributed by atoms with Gasteiger partial charge in [0, 0.05) is 13.0 Å². The number of carbonyl (C=O) groups excluding carboxylic acids is 3. The molecule has 4 unspecified atom stereocenters. The van der Waals surface area contributed by atoms with E-state index in [0.717, 1.165) is 24.3 Å². The van der Waals surface area contributed by atoms with Crippen LogP contribution in [0.4, 0.5) is 5.13 Å². The number of amides is 3. The molecule has 4 atom stereocenters. The Bertz CT molecular complexity index is 727. The zero-order valence-electron chi connectivity index (χ0n) is 14.0. The maximum absolute atomic E-state index is 12.7. The van der Waals surface area contributed by atoms with E-state index in [4.69, 9.17) is 0 Å². The molecule has 1 saturated heterocycles. The van der Waals surface area contributed by atoms with Gasteiger partial charge in [-0.25, -0.2) is 0 Å². The quantitative estimate of drug-likeness (QED) is 0.636. The van der Waals surface area contributed by atoms with Gasteiger partial charge < -0.3 is 5.32 Å². The Morgan fingerprint density at radius 1 is 1.20 bits per heavy atom. The van der Waals surface area contributed by atoms with Gasteiger partial charge in [-0.15, -0.1) is 10.2 Å². The number of aryl methyl sites for hydroxylation is 1. The highest BCUT2D eigenvalue weighted by Crippen LogP contribution is 2.49. The summed E-state index contributed by atoms with van der Waals surface area (Å²) < 4.78 is 0. The van der Waals surface area contributed by atoms with Crippen LogP contribution in [0.1, 0.15) is 31.2 Å². The smallest absolute Gasteiger partial charge is 0.233 e. The molecule has 5 rings (SSSR count). The second-order valence-corrected chi connectivity index (χ2v) is 7.88. The molecular formula is C17H20N4O3S. The van der Waals surface area contributed by atoms with Gasteiger partial charge in [-0.2, -0.15) is 0 Å².